The van der Waals surface area contributed by atoms with Gasteiger partial charge in [0, 0.05) is 24.7 Å². The highest BCUT2D eigenvalue weighted by atomic mass is 19.1. The van der Waals surface area contributed by atoms with Gasteiger partial charge >= 0.3 is 0 Å². The normalized spacial score (nSPS) is 18.8. The molecule has 4 rings (SSSR count). The third-order valence-electron chi connectivity index (χ3n) is 6.03. The highest BCUT2D eigenvalue weighted by molar-refractivity contribution is 5.97. The quantitative estimate of drug-likeness (QED) is 0.535. The maximum absolute atomic E-state index is 13.6. The van der Waals surface area contributed by atoms with Crippen LogP contribution in [0.2, 0.25) is 0 Å². The second kappa shape index (κ2) is 9.57. The molecule has 0 unspecified atom stereocenters. The number of carbonyl (C=O) groups is 2. The number of amides is 2. The summed E-state index contributed by atoms with van der Waals surface area (Å²) < 4.78 is 18.6. The van der Waals surface area contributed by atoms with Gasteiger partial charge in [0.15, 0.2) is 11.5 Å². The average molecular weight is 450 g/mol. The van der Waals surface area contributed by atoms with E-state index < -0.39 is 6.04 Å². The van der Waals surface area contributed by atoms with Crippen LogP contribution in [0.1, 0.15) is 49.3 Å². The van der Waals surface area contributed by atoms with Gasteiger partial charge in [-0.2, -0.15) is 0 Å². The second-order valence-corrected chi connectivity index (χ2v) is 8.74. The van der Waals surface area contributed by atoms with Gasteiger partial charge in [-0.05, 0) is 49.1 Å². The fourth-order valence-corrected chi connectivity index (χ4v) is 4.40. The van der Waals surface area contributed by atoms with E-state index in [1.54, 1.807) is 23.1 Å². The maximum atomic E-state index is 13.6. The molecule has 1 aromatic heterocycles. The van der Waals surface area contributed by atoms with Crippen LogP contribution in [-0.4, -0.2) is 45.9 Å². The molecule has 172 valence electrons. The molecule has 0 N–H and O–H groups in total. The first kappa shape index (κ1) is 22.7. The molecule has 1 aliphatic rings. The number of carbonyl (C=O) groups excluding carboxylic acids is 2. The SMILES string of the molecule is CCN1C(=O)[C@H](CC(C)C)N(C(=O)c2cc(-c3ccc(F)cc3)on2)C[C@@H]1c1ccccc1. The van der Waals surface area contributed by atoms with Gasteiger partial charge in [-0.3, -0.25) is 9.59 Å². The molecule has 0 saturated carbocycles. The first-order valence-corrected chi connectivity index (χ1v) is 11.3. The van der Waals surface area contributed by atoms with Gasteiger partial charge in [0.05, 0.1) is 6.04 Å². The summed E-state index contributed by atoms with van der Waals surface area (Å²) >= 11 is 0. The van der Waals surface area contributed by atoms with Crippen LogP contribution in [0, 0.1) is 11.7 Å². The van der Waals surface area contributed by atoms with Crippen LogP contribution >= 0.6 is 0 Å². The van der Waals surface area contributed by atoms with E-state index in [-0.39, 0.29) is 35.3 Å². The van der Waals surface area contributed by atoms with E-state index >= 15 is 0 Å². The summed E-state index contributed by atoms with van der Waals surface area (Å²) in [5.74, 6) is -0.153. The molecule has 2 atom stereocenters. The van der Waals surface area contributed by atoms with Crippen molar-refractivity contribution in [3.8, 4) is 11.3 Å². The summed E-state index contributed by atoms with van der Waals surface area (Å²) in [4.78, 5) is 30.6. The van der Waals surface area contributed by atoms with Crippen molar-refractivity contribution in [3.63, 3.8) is 0 Å². The number of hydrogen-bond donors (Lipinski definition) is 0. The zero-order valence-corrected chi connectivity index (χ0v) is 19.1. The topological polar surface area (TPSA) is 66.7 Å². The third kappa shape index (κ3) is 4.67. The zero-order chi connectivity index (χ0) is 23.5. The molecule has 2 amide bonds. The van der Waals surface area contributed by atoms with E-state index in [1.165, 1.54) is 12.1 Å². The van der Waals surface area contributed by atoms with Crippen molar-refractivity contribution in [2.45, 2.75) is 39.3 Å². The van der Waals surface area contributed by atoms with E-state index in [0.29, 0.717) is 30.8 Å². The van der Waals surface area contributed by atoms with E-state index in [4.69, 9.17) is 4.52 Å². The number of aromatic nitrogens is 1. The number of benzene rings is 2. The second-order valence-electron chi connectivity index (χ2n) is 8.74. The smallest absolute Gasteiger partial charge is 0.276 e. The Morgan fingerprint density at radius 3 is 2.48 bits per heavy atom. The number of halogens is 1. The van der Waals surface area contributed by atoms with Crippen molar-refractivity contribution >= 4 is 11.8 Å². The van der Waals surface area contributed by atoms with Crippen LogP contribution in [0.5, 0.6) is 0 Å². The van der Waals surface area contributed by atoms with E-state index in [9.17, 15) is 14.0 Å². The summed E-state index contributed by atoms with van der Waals surface area (Å²) in [5.41, 5.74) is 1.74. The predicted molar refractivity (Wildman–Crippen MR) is 123 cm³/mol. The minimum atomic E-state index is -0.566. The molecule has 1 saturated heterocycles. The Kier molecular flexibility index (Phi) is 6.58. The monoisotopic (exact) mass is 449 g/mol. The molecule has 1 aliphatic heterocycles. The lowest BCUT2D eigenvalue weighted by molar-refractivity contribution is -0.145. The van der Waals surface area contributed by atoms with Gasteiger partial charge in [0.2, 0.25) is 5.91 Å². The Morgan fingerprint density at radius 1 is 1.15 bits per heavy atom. The molecule has 2 aromatic carbocycles. The van der Waals surface area contributed by atoms with Crippen LogP contribution in [0.15, 0.2) is 65.2 Å². The van der Waals surface area contributed by atoms with Crippen molar-refractivity contribution in [2.24, 2.45) is 5.92 Å². The molecule has 3 aromatic rings. The minimum absolute atomic E-state index is 0.0538. The molecule has 0 spiro atoms. The number of hydrogen-bond acceptors (Lipinski definition) is 4. The lowest BCUT2D eigenvalue weighted by Crippen LogP contribution is -2.60. The number of rotatable bonds is 6. The van der Waals surface area contributed by atoms with Gasteiger partial charge in [-0.1, -0.05) is 49.3 Å². The molecule has 7 heteroatoms. The molecule has 0 radical (unpaired) electrons. The average Bonchev–Trinajstić information content (AvgIpc) is 3.31. The Morgan fingerprint density at radius 2 is 1.85 bits per heavy atom. The van der Waals surface area contributed by atoms with Crippen molar-refractivity contribution in [3.05, 3.63) is 77.7 Å². The van der Waals surface area contributed by atoms with Crippen LogP contribution < -0.4 is 0 Å². The fraction of sp³-hybridized carbons (Fsp3) is 0.346. The van der Waals surface area contributed by atoms with Crippen molar-refractivity contribution < 1.29 is 18.5 Å². The van der Waals surface area contributed by atoms with Gasteiger partial charge in [0.1, 0.15) is 11.9 Å². The lowest BCUT2D eigenvalue weighted by atomic mass is 9.93. The summed E-state index contributed by atoms with van der Waals surface area (Å²) in [7, 11) is 0. The maximum Gasteiger partial charge on any atom is 0.276 e. The van der Waals surface area contributed by atoms with Gasteiger partial charge in [-0.15, -0.1) is 0 Å². The standard InChI is InChI=1S/C26H28FN3O3/c1-4-29-23(18-8-6-5-7-9-18)16-30(22(26(29)32)14-17(2)3)25(31)21-15-24(33-28-21)19-10-12-20(27)13-11-19/h5-13,15,17,22-23H,4,14,16H2,1-3H3/t22-,23+/m0/s1. The highest BCUT2D eigenvalue weighted by Gasteiger charge is 2.43. The van der Waals surface area contributed by atoms with Crippen LogP contribution in [0.25, 0.3) is 11.3 Å². The molecule has 0 aliphatic carbocycles. The van der Waals surface area contributed by atoms with E-state index in [0.717, 1.165) is 5.56 Å². The Bertz CT molecular complexity index is 1110. The molecule has 33 heavy (non-hydrogen) atoms. The number of piperazine rings is 1. The summed E-state index contributed by atoms with van der Waals surface area (Å²) in [6, 6.07) is 16.3. The molecule has 6 nitrogen and oxygen atoms in total. The van der Waals surface area contributed by atoms with E-state index in [1.807, 2.05) is 56.0 Å². The van der Waals surface area contributed by atoms with Crippen LogP contribution in [0.3, 0.4) is 0 Å². The Labute approximate surface area is 193 Å². The van der Waals surface area contributed by atoms with Crippen molar-refractivity contribution in [1.82, 2.24) is 15.0 Å². The molecule has 2 heterocycles. The summed E-state index contributed by atoms with van der Waals surface area (Å²) in [6.07, 6.45) is 0.561. The fourth-order valence-electron chi connectivity index (χ4n) is 4.40. The predicted octanol–water partition coefficient (Wildman–Crippen LogP) is 4.94. The molecule has 0 bridgehead atoms. The zero-order valence-electron chi connectivity index (χ0n) is 19.1. The highest BCUT2D eigenvalue weighted by Crippen LogP contribution is 2.32. The van der Waals surface area contributed by atoms with Gasteiger partial charge < -0.3 is 14.3 Å². The number of likely N-dealkylation sites (N-methyl/N-ethyl adjacent to an activating group) is 1. The summed E-state index contributed by atoms with van der Waals surface area (Å²) in [6.45, 7) is 6.98. The number of nitrogens with zero attached hydrogens (tertiary/aromatic N) is 3. The Hall–Kier alpha value is -3.48. The summed E-state index contributed by atoms with van der Waals surface area (Å²) in [5, 5.41) is 3.98. The first-order chi connectivity index (χ1) is 15.9. The first-order valence-electron chi connectivity index (χ1n) is 11.3. The van der Waals surface area contributed by atoms with Crippen molar-refractivity contribution in [1.29, 1.82) is 0 Å². The lowest BCUT2D eigenvalue weighted by Gasteiger charge is -2.46. The van der Waals surface area contributed by atoms with E-state index in [2.05, 4.69) is 5.16 Å². The molecular formula is C26H28FN3O3. The largest absolute Gasteiger partial charge is 0.355 e. The van der Waals surface area contributed by atoms with Gasteiger partial charge in [-0.25, -0.2) is 4.39 Å². The molecular weight excluding hydrogens is 421 g/mol. The molecule has 1 fully saturated rings. The third-order valence-corrected chi connectivity index (χ3v) is 6.03. The van der Waals surface area contributed by atoms with Crippen LogP contribution in [0.4, 0.5) is 4.39 Å². The van der Waals surface area contributed by atoms with Gasteiger partial charge in [0.25, 0.3) is 5.91 Å². The minimum Gasteiger partial charge on any atom is -0.355 e. The van der Waals surface area contributed by atoms with Crippen molar-refractivity contribution in [2.75, 3.05) is 13.1 Å². The Balaban J connectivity index is 1.67. The van der Waals surface area contributed by atoms with Crippen LogP contribution in [-0.2, 0) is 4.79 Å².